The first-order chi connectivity index (χ1) is 10.6. The van der Waals surface area contributed by atoms with Crippen molar-refractivity contribution in [3.63, 3.8) is 0 Å². The van der Waals surface area contributed by atoms with E-state index >= 15 is 0 Å². The first kappa shape index (κ1) is 14.4. The number of hydrogen-bond donors (Lipinski definition) is 0. The van der Waals surface area contributed by atoms with Gasteiger partial charge < -0.3 is 14.1 Å². The maximum Gasteiger partial charge on any atom is 0.341 e. The van der Waals surface area contributed by atoms with E-state index in [4.69, 9.17) is 4.42 Å². The van der Waals surface area contributed by atoms with E-state index in [1.807, 2.05) is 13.0 Å². The highest BCUT2D eigenvalue weighted by molar-refractivity contribution is 6.06. The molecule has 0 unspecified atom stereocenters. The number of esters is 1. The average molecular weight is 299 g/mol. The molecule has 0 radical (unpaired) electrons. The van der Waals surface area contributed by atoms with Crippen LogP contribution in [0.3, 0.4) is 0 Å². The van der Waals surface area contributed by atoms with Crippen LogP contribution >= 0.6 is 0 Å². The molecule has 0 fully saturated rings. The Kier molecular flexibility index (Phi) is 3.71. The molecule has 114 valence electrons. The summed E-state index contributed by atoms with van der Waals surface area (Å²) in [5.41, 5.74) is 3.43. The fourth-order valence-corrected chi connectivity index (χ4v) is 2.70. The Morgan fingerprint density at radius 1 is 1.27 bits per heavy atom. The van der Waals surface area contributed by atoms with Crippen LogP contribution in [0.1, 0.15) is 38.5 Å². The van der Waals surface area contributed by atoms with Crippen molar-refractivity contribution in [1.29, 1.82) is 0 Å². The minimum atomic E-state index is -0.516. The molecule has 2 aromatic rings. The third kappa shape index (κ3) is 2.50. The van der Waals surface area contributed by atoms with Crippen molar-refractivity contribution in [2.24, 2.45) is 0 Å². The average Bonchev–Trinajstić information content (AvgIpc) is 3.02. The molecule has 0 spiro atoms. The molecule has 5 nitrogen and oxygen atoms in total. The van der Waals surface area contributed by atoms with Crippen LogP contribution in [0, 0.1) is 6.92 Å². The van der Waals surface area contributed by atoms with Gasteiger partial charge in [0.25, 0.3) is 5.91 Å². The SMILES string of the molecule is COC(=O)c1coc(C(=O)N2CCCc3ccc(C)cc32)c1. The molecule has 2 heterocycles. The molecule has 22 heavy (non-hydrogen) atoms. The molecule has 3 rings (SSSR count). The number of rotatable bonds is 2. The van der Waals surface area contributed by atoms with Crippen LogP contribution in [0.2, 0.25) is 0 Å². The van der Waals surface area contributed by atoms with E-state index in [-0.39, 0.29) is 17.2 Å². The van der Waals surface area contributed by atoms with Crippen molar-refractivity contribution in [1.82, 2.24) is 0 Å². The van der Waals surface area contributed by atoms with Gasteiger partial charge in [-0.25, -0.2) is 4.79 Å². The van der Waals surface area contributed by atoms with Gasteiger partial charge in [-0.2, -0.15) is 0 Å². The van der Waals surface area contributed by atoms with Gasteiger partial charge in [0.1, 0.15) is 6.26 Å². The summed E-state index contributed by atoms with van der Waals surface area (Å²) in [5.74, 6) is -0.603. The molecule has 0 aliphatic carbocycles. The lowest BCUT2D eigenvalue weighted by Crippen LogP contribution is -2.35. The van der Waals surface area contributed by atoms with Crippen molar-refractivity contribution in [3.8, 4) is 0 Å². The van der Waals surface area contributed by atoms with Gasteiger partial charge in [0.2, 0.25) is 0 Å². The smallest absolute Gasteiger partial charge is 0.341 e. The van der Waals surface area contributed by atoms with E-state index in [9.17, 15) is 9.59 Å². The molecule has 0 saturated heterocycles. The minimum Gasteiger partial charge on any atom is -0.465 e. The zero-order valence-corrected chi connectivity index (χ0v) is 12.6. The Morgan fingerprint density at radius 2 is 2.09 bits per heavy atom. The fourth-order valence-electron chi connectivity index (χ4n) is 2.70. The van der Waals surface area contributed by atoms with E-state index < -0.39 is 5.97 Å². The molecule has 0 saturated carbocycles. The monoisotopic (exact) mass is 299 g/mol. The zero-order chi connectivity index (χ0) is 15.7. The Bertz CT molecular complexity index is 732. The first-order valence-corrected chi connectivity index (χ1v) is 7.18. The quantitative estimate of drug-likeness (QED) is 0.800. The summed E-state index contributed by atoms with van der Waals surface area (Å²) in [4.78, 5) is 25.9. The molecule has 0 bridgehead atoms. The first-order valence-electron chi connectivity index (χ1n) is 7.18. The predicted molar refractivity (Wildman–Crippen MR) is 81.2 cm³/mol. The summed E-state index contributed by atoms with van der Waals surface area (Å²) in [7, 11) is 1.29. The van der Waals surface area contributed by atoms with Gasteiger partial charge in [0, 0.05) is 18.3 Å². The van der Waals surface area contributed by atoms with E-state index in [2.05, 4.69) is 16.9 Å². The van der Waals surface area contributed by atoms with E-state index in [0.717, 1.165) is 29.7 Å². The lowest BCUT2D eigenvalue weighted by Gasteiger charge is -2.29. The van der Waals surface area contributed by atoms with Gasteiger partial charge in [-0.05, 0) is 37.0 Å². The summed E-state index contributed by atoms with van der Waals surface area (Å²) in [6.07, 6.45) is 3.12. The predicted octanol–water partition coefficient (Wildman–Crippen LogP) is 2.97. The number of furan rings is 1. The Morgan fingerprint density at radius 3 is 2.86 bits per heavy atom. The lowest BCUT2D eigenvalue weighted by molar-refractivity contribution is 0.0600. The maximum atomic E-state index is 12.7. The summed E-state index contributed by atoms with van der Waals surface area (Å²) in [5, 5.41) is 0. The number of hydrogen-bond acceptors (Lipinski definition) is 4. The van der Waals surface area contributed by atoms with Crippen LogP contribution in [0.5, 0.6) is 0 Å². The van der Waals surface area contributed by atoms with Crippen LogP contribution in [-0.2, 0) is 11.2 Å². The highest BCUT2D eigenvalue weighted by Gasteiger charge is 2.26. The molecule has 0 N–H and O–H groups in total. The largest absolute Gasteiger partial charge is 0.465 e. The van der Waals surface area contributed by atoms with Gasteiger partial charge >= 0.3 is 5.97 Å². The number of fused-ring (bicyclic) bond motifs is 1. The van der Waals surface area contributed by atoms with Crippen LogP contribution in [0.4, 0.5) is 5.69 Å². The third-order valence-corrected chi connectivity index (χ3v) is 3.84. The van der Waals surface area contributed by atoms with E-state index in [1.54, 1.807) is 4.90 Å². The van der Waals surface area contributed by atoms with Crippen molar-refractivity contribution in [3.05, 3.63) is 53.0 Å². The molecule has 5 heteroatoms. The normalized spacial score (nSPS) is 13.6. The summed E-state index contributed by atoms with van der Waals surface area (Å²) < 4.78 is 9.88. The standard InChI is InChI=1S/C17H17NO4/c1-11-5-6-12-4-3-7-18(14(12)8-11)16(19)15-9-13(10-22-15)17(20)21-2/h5-6,8-10H,3-4,7H2,1-2H3. The number of carbonyl (C=O) groups is 2. The van der Waals surface area contributed by atoms with Crippen LogP contribution in [0.15, 0.2) is 34.9 Å². The number of benzene rings is 1. The van der Waals surface area contributed by atoms with Gasteiger partial charge in [0.05, 0.1) is 12.7 Å². The molecule has 1 aliphatic rings. The second-order valence-electron chi connectivity index (χ2n) is 5.38. The highest BCUT2D eigenvalue weighted by atomic mass is 16.5. The molecular formula is C17H17NO4. The third-order valence-electron chi connectivity index (χ3n) is 3.84. The molecule has 1 amide bonds. The fraction of sp³-hybridized carbons (Fsp3) is 0.294. The van der Waals surface area contributed by atoms with E-state index in [1.165, 1.54) is 19.4 Å². The number of aryl methyl sites for hydroxylation is 2. The number of anilines is 1. The summed E-state index contributed by atoms with van der Waals surface area (Å²) >= 11 is 0. The van der Waals surface area contributed by atoms with Crippen LogP contribution in [-0.4, -0.2) is 25.5 Å². The molecular weight excluding hydrogens is 282 g/mol. The molecule has 1 aliphatic heterocycles. The second-order valence-corrected chi connectivity index (χ2v) is 5.38. The van der Waals surface area contributed by atoms with Crippen molar-refractivity contribution >= 4 is 17.6 Å². The summed E-state index contributed by atoms with van der Waals surface area (Å²) in [6.45, 7) is 2.64. The topological polar surface area (TPSA) is 59.8 Å². The van der Waals surface area contributed by atoms with Gasteiger partial charge in [-0.15, -0.1) is 0 Å². The number of ether oxygens (including phenoxy) is 1. The zero-order valence-electron chi connectivity index (χ0n) is 12.6. The van der Waals surface area contributed by atoms with Gasteiger partial charge in [-0.1, -0.05) is 12.1 Å². The van der Waals surface area contributed by atoms with Crippen molar-refractivity contribution in [2.45, 2.75) is 19.8 Å². The minimum absolute atomic E-state index is 0.148. The van der Waals surface area contributed by atoms with E-state index in [0.29, 0.717) is 6.54 Å². The number of carbonyl (C=O) groups excluding carboxylic acids is 2. The highest BCUT2D eigenvalue weighted by Crippen LogP contribution is 2.29. The maximum absolute atomic E-state index is 12.7. The van der Waals surface area contributed by atoms with Crippen molar-refractivity contribution < 1.29 is 18.7 Å². The number of amides is 1. The Labute approximate surface area is 128 Å². The Hall–Kier alpha value is -2.56. The van der Waals surface area contributed by atoms with Crippen LogP contribution in [0.25, 0.3) is 0 Å². The Balaban J connectivity index is 1.92. The lowest BCUT2D eigenvalue weighted by atomic mass is 9.99. The second kappa shape index (κ2) is 5.67. The van der Waals surface area contributed by atoms with Crippen LogP contribution < -0.4 is 4.90 Å². The molecule has 1 aromatic heterocycles. The van der Waals surface area contributed by atoms with Gasteiger partial charge in [-0.3, -0.25) is 4.79 Å². The van der Waals surface area contributed by atoms with Gasteiger partial charge in [0.15, 0.2) is 5.76 Å². The number of methoxy groups -OCH3 is 1. The van der Waals surface area contributed by atoms with Crippen molar-refractivity contribution in [2.75, 3.05) is 18.6 Å². The molecule has 1 aromatic carbocycles. The summed E-state index contributed by atoms with van der Waals surface area (Å²) in [6, 6.07) is 7.55. The molecule has 0 atom stereocenters. The number of nitrogens with zero attached hydrogens (tertiary/aromatic N) is 1.